The highest BCUT2D eigenvalue weighted by atomic mass is 16.6. The van der Waals surface area contributed by atoms with E-state index in [2.05, 4.69) is 64.1 Å². The number of hydrogen-bond acceptors (Lipinski definition) is 4. The van der Waals surface area contributed by atoms with Crippen LogP contribution < -0.4 is 18.9 Å². The van der Waals surface area contributed by atoms with Gasteiger partial charge in [0.05, 0.1) is 26.4 Å². The van der Waals surface area contributed by atoms with Crippen molar-refractivity contribution in [2.45, 2.75) is 105 Å². The number of benzene rings is 3. The van der Waals surface area contributed by atoms with Crippen LogP contribution in [0.2, 0.25) is 0 Å². The average molecular weight is 523 g/mol. The maximum absolute atomic E-state index is 6.56. The lowest BCUT2D eigenvalue weighted by Gasteiger charge is -2.23. The fraction of sp³-hybridized carbons (Fsp3) is 0.588. The molecule has 0 unspecified atom stereocenters. The molecule has 0 aromatic heterocycles. The Bertz CT molecular complexity index is 1000. The first-order chi connectivity index (χ1) is 18.7. The second-order valence-corrected chi connectivity index (χ2v) is 10.3. The average Bonchev–Trinajstić information content (AvgIpc) is 2.94. The molecule has 0 aliphatic carbocycles. The molecule has 0 saturated heterocycles. The normalized spacial score (nSPS) is 11.3. The first-order valence-electron chi connectivity index (χ1n) is 15.3. The van der Waals surface area contributed by atoms with E-state index < -0.39 is 0 Å². The Hall–Kier alpha value is -2.62. The van der Waals surface area contributed by atoms with Crippen LogP contribution in [-0.4, -0.2) is 26.4 Å². The molecular weight excluding hydrogens is 472 g/mol. The van der Waals surface area contributed by atoms with Gasteiger partial charge in [-0.25, -0.2) is 0 Å². The van der Waals surface area contributed by atoms with E-state index >= 15 is 0 Å². The van der Waals surface area contributed by atoms with Gasteiger partial charge in [-0.3, -0.25) is 0 Å². The topological polar surface area (TPSA) is 36.9 Å². The Morgan fingerprint density at radius 1 is 0.421 bits per heavy atom. The fourth-order valence-corrected chi connectivity index (χ4v) is 4.72. The number of rotatable bonds is 20. The molecule has 0 bridgehead atoms. The SMILES string of the molecule is CCCCCOc1c(OCCCCC)c(OCCCCC)c2cc3ccccc3cc2c1OCCCCC. The summed E-state index contributed by atoms with van der Waals surface area (Å²) < 4.78 is 26.2. The minimum absolute atomic E-state index is 0.638. The van der Waals surface area contributed by atoms with Crippen molar-refractivity contribution in [3.05, 3.63) is 36.4 Å². The summed E-state index contributed by atoms with van der Waals surface area (Å²) in [5.41, 5.74) is 0. The maximum Gasteiger partial charge on any atom is 0.208 e. The molecule has 0 fully saturated rings. The predicted molar refractivity (Wildman–Crippen MR) is 162 cm³/mol. The lowest BCUT2D eigenvalue weighted by molar-refractivity contribution is 0.223. The van der Waals surface area contributed by atoms with Gasteiger partial charge in [-0.05, 0) is 48.6 Å². The van der Waals surface area contributed by atoms with Crippen molar-refractivity contribution in [2.75, 3.05) is 26.4 Å². The third-order valence-corrected chi connectivity index (χ3v) is 6.97. The van der Waals surface area contributed by atoms with E-state index in [-0.39, 0.29) is 0 Å². The van der Waals surface area contributed by atoms with Crippen molar-refractivity contribution in [1.29, 1.82) is 0 Å². The van der Waals surface area contributed by atoms with Gasteiger partial charge in [0.2, 0.25) is 11.5 Å². The lowest BCUT2D eigenvalue weighted by Crippen LogP contribution is -2.09. The molecule has 0 heterocycles. The van der Waals surface area contributed by atoms with Gasteiger partial charge in [-0.1, -0.05) is 103 Å². The van der Waals surface area contributed by atoms with E-state index in [1.165, 1.54) is 10.8 Å². The molecule has 0 atom stereocenters. The summed E-state index contributed by atoms with van der Waals surface area (Å²) in [6, 6.07) is 13.0. The second kappa shape index (κ2) is 17.1. The summed E-state index contributed by atoms with van der Waals surface area (Å²) in [6.07, 6.45) is 13.2. The first-order valence-corrected chi connectivity index (χ1v) is 15.3. The van der Waals surface area contributed by atoms with Crippen LogP contribution in [0.4, 0.5) is 0 Å². The zero-order valence-electron chi connectivity index (χ0n) is 24.4. The molecule has 0 radical (unpaired) electrons. The Labute approximate surface area is 231 Å². The summed E-state index contributed by atoms with van der Waals surface area (Å²) in [6.45, 7) is 11.5. The van der Waals surface area contributed by atoms with E-state index in [9.17, 15) is 0 Å². The van der Waals surface area contributed by atoms with Gasteiger partial charge in [-0.2, -0.15) is 0 Å². The lowest BCUT2D eigenvalue weighted by atomic mass is 10.0. The molecule has 0 aliphatic rings. The van der Waals surface area contributed by atoms with Crippen molar-refractivity contribution in [3.8, 4) is 23.0 Å². The third kappa shape index (κ3) is 8.44. The van der Waals surface area contributed by atoms with Crippen LogP contribution in [0.5, 0.6) is 23.0 Å². The van der Waals surface area contributed by atoms with E-state index in [0.29, 0.717) is 37.9 Å². The first kappa shape index (κ1) is 29.9. The maximum atomic E-state index is 6.56. The zero-order chi connectivity index (χ0) is 27.0. The molecule has 3 rings (SSSR count). The van der Waals surface area contributed by atoms with Gasteiger partial charge in [0.25, 0.3) is 0 Å². The molecule has 38 heavy (non-hydrogen) atoms. The molecule has 4 heteroatoms. The highest BCUT2D eigenvalue weighted by Crippen LogP contribution is 2.52. The Balaban J connectivity index is 2.18. The molecule has 3 aromatic carbocycles. The second-order valence-electron chi connectivity index (χ2n) is 10.3. The van der Waals surface area contributed by atoms with E-state index in [1.807, 2.05) is 0 Å². The molecular formula is C34H50O4. The molecule has 4 nitrogen and oxygen atoms in total. The molecule has 3 aromatic rings. The van der Waals surface area contributed by atoms with Crippen LogP contribution in [0, 0.1) is 0 Å². The minimum atomic E-state index is 0.638. The van der Waals surface area contributed by atoms with Crippen LogP contribution in [-0.2, 0) is 0 Å². The summed E-state index contributed by atoms with van der Waals surface area (Å²) in [5.74, 6) is 3.01. The summed E-state index contributed by atoms with van der Waals surface area (Å²) in [7, 11) is 0. The summed E-state index contributed by atoms with van der Waals surface area (Å²) in [4.78, 5) is 0. The number of fused-ring (bicyclic) bond motifs is 2. The largest absolute Gasteiger partial charge is 0.489 e. The highest BCUT2D eigenvalue weighted by molar-refractivity contribution is 6.06. The minimum Gasteiger partial charge on any atom is -0.489 e. The number of hydrogen-bond donors (Lipinski definition) is 0. The van der Waals surface area contributed by atoms with Gasteiger partial charge in [0.1, 0.15) is 0 Å². The number of unbranched alkanes of at least 4 members (excludes halogenated alkanes) is 8. The quantitative estimate of drug-likeness (QED) is 0.109. The third-order valence-electron chi connectivity index (χ3n) is 6.97. The molecule has 0 aliphatic heterocycles. The smallest absolute Gasteiger partial charge is 0.208 e. The zero-order valence-corrected chi connectivity index (χ0v) is 24.4. The van der Waals surface area contributed by atoms with Gasteiger partial charge in [-0.15, -0.1) is 0 Å². The molecule has 0 N–H and O–H groups in total. The van der Waals surface area contributed by atoms with Crippen molar-refractivity contribution < 1.29 is 18.9 Å². The van der Waals surface area contributed by atoms with Crippen molar-refractivity contribution >= 4 is 21.5 Å². The van der Waals surface area contributed by atoms with Gasteiger partial charge in [0.15, 0.2) is 11.5 Å². The fourth-order valence-electron chi connectivity index (χ4n) is 4.72. The van der Waals surface area contributed by atoms with Crippen LogP contribution in [0.25, 0.3) is 21.5 Å². The van der Waals surface area contributed by atoms with E-state index in [0.717, 1.165) is 99.3 Å². The van der Waals surface area contributed by atoms with Gasteiger partial charge < -0.3 is 18.9 Å². The standard InChI is InChI=1S/C34H50O4/c1-5-9-15-21-35-31-29-25-27-19-13-14-20-28(27)26-30(29)32(36-22-16-10-6-2)34(38-24-18-12-8-4)33(31)37-23-17-11-7-3/h13-14,19-20,25-26H,5-12,15-18,21-24H2,1-4H3. The van der Waals surface area contributed by atoms with Crippen molar-refractivity contribution in [3.63, 3.8) is 0 Å². The molecule has 0 spiro atoms. The Morgan fingerprint density at radius 3 is 1.05 bits per heavy atom. The van der Waals surface area contributed by atoms with Crippen molar-refractivity contribution in [1.82, 2.24) is 0 Å². The predicted octanol–water partition coefficient (Wildman–Crippen LogP) is 10.3. The van der Waals surface area contributed by atoms with Crippen LogP contribution in [0.1, 0.15) is 105 Å². The molecule has 210 valence electrons. The van der Waals surface area contributed by atoms with E-state index in [1.54, 1.807) is 0 Å². The Kier molecular flexibility index (Phi) is 13.4. The number of ether oxygens (including phenoxy) is 4. The van der Waals surface area contributed by atoms with Gasteiger partial charge >= 0.3 is 0 Å². The summed E-state index contributed by atoms with van der Waals surface area (Å²) in [5, 5.41) is 4.45. The van der Waals surface area contributed by atoms with Crippen molar-refractivity contribution in [2.24, 2.45) is 0 Å². The monoisotopic (exact) mass is 522 g/mol. The van der Waals surface area contributed by atoms with Crippen LogP contribution in [0.15, 0.2) is 36.4 Å². The van der Waals surface area contributed by atoms with Crippen LogP contribution in [0.3, 0.4) is 0 Å². The highest BCUT2D eigenvalue weighted by Gasteiger charge is 2.25. The molecule has 0 amide bonds. The van der Waals surface area contributed by atoms with Crippen LogP contribution >= 0.6 is 0 Å². The molecule has 0 saturated carbocycles. The summed E-state index contributed by atoms with van der Waals surface area (Å²) >= 11 is 0. The van der Waals surface area contributed by atoms with Gasteiger partial charge in [0, 0.05) is 10.8 Å². The Morgan fingerprint density at radius 2 is 0.737 bits per heavy atom. The van der Waals surface area contributed by atoms with E-state index in [4.69, 9.17) is 18.9 Å².